The number of Topliss-reactive ketones (excluding diaryl/α,β-unsaturated/α-hetero) is 1. The molecular weight excluding hydrogens is 501 g/mol. The number of amides is 1. The summed E-state index contributed by atoms with van der Waals surface area (Å²) in [5.41, 5.74) is -3.13. The number of hydrogen-bond acceptors (Lipinski definition) is 6. The van der Waals surface area contributed by atoms with E-state index in [1.165, 1.54) is 4.57 Å². The normalized spacial score (nSPS) is 19.7. The van der Waals surface area contributed by atoms with Crippen LogP contribution in [0.15, 0.2) is 29.2 Å². The molecule has 2 unspecified atom stereocenters. The molecule has 36 heavy (non-hydrogen) atoms. The number of carbonyl (C=O) groups is 2. The van der Waals surface area contributed by atoms with E-state index in [0.717, 1.165) is 18.3 Å². The number of pyridine rings is 1. The second kappa shape index (κ2) is 10.6. The quantitative estimate of drug-likeness (QED) is 0.362. The summed E-state index contributed by atoms with van der Waals surface area (Å²) in [6, 6.07) is 2.79. The highest BCUT2D eigenvalue weighted by Crippen LogP contribution is 2.41. The largest absolute Gasteiger partial charge is 0.503 e. The summed E-state index contributed by atoms with van der Waals surface area (Å²) in [5, 5.41) is 12.9. The van der Waals surface area contributed by atoms with Crippen molar-refractivity contribution in [3.63, 3.8) is 0 Å². The Balaban J connectivity index is 1.92. The van der Waals surface area contributed by atoms with Gasteiger partial charge in [-0.3, -0.25) is 18.9 Å². The van der Waals surface area contributed by atoms with E-state index in [2.05, 4.69) is 5.32 Å². The van der Waals surface area contributed by atoms with Gasteiger partial charge >= 0.3 is 7.60 Å². The van der Waals surface area contributed by atoms with Crippen LogP contribution in [-0.4, -0.2) is 50.0 Å². The number of fused-ring (bicyclic) bond motifs is 1. The van der Waals surface area contributed by atoms with E-state index >= 15 is 0 Å². The van der Waals surface area contributed by atoms with Gasteiger partial charge in [-0.2, -0.15) is 0 Å². The van der Waals surface area contributed by atoms with Crippen LogP contribution in [0.3, 0.4) is 0 Å². The van der Waals surface area contributed by atoms with Crippen LogP contribution in [0.5, 0.6) is 5.75 Å². The third-order valence-corrected chi connectivity index (χ3v) is 7.00. The number of halogens is 2. The van der Waals surface area contributed by atoms with Crippen LogP contribution in [0.25, 0.3) is 0 Å². The van der Waals surface area contributed by atoms with Crippen molar-refractivity contribution < 1.29 is 42.6 Å². The van der Waals surface area contributed by atoms with Gasteiger partial charge in [-0.1, -0.05) is 19.4 Å². The van der Waals surface area contributed by atoms with Crippen molar-refractivity contribution in [1.29, 1.82) is 0 Å². The first-order valence-corrected chi connectivity index (χ1v) is 13.0. The first kappa shape index (κ1) is 27.7. The molecule has 13 heteroatoms. The Labute approximate surface area is 205 Å². The number of aromatic hydroxyl groups is 1. The molecule has 3 rings (SSSR count). The molecule has 0 aliphatic carbocycles. The first-order valence-electron chi connectivity index (χ1n) is 11.2. The van der Waals surface area contributed by atoms with Gasteiger partial charge in [0.2, 0.25) is 5.43 Å². The second-order valence-electron chi connectivity index (χ2n) is 8.88. The Hall–Kier alpha value is -2.92. The van der Waals surface area contributed by atoms with Crippen LogP contribution in [0, 0.1) is 17.0 Å². The summed E-state index contributed by atoms with van der Waals surface area (Å²) in [5.74, 6) is -4.17. The van der Waals surface area contributed by atoms with Crippen molar-refractivity contribution in [3.8, 4) is 5.75 Å². The molecule has 1 aliphatic rings. The lowest BCUT2D eigenvalue weighted by Crippen LogP contribution is -2.50. The molecule has 0 bridgehead atoms. The summed E-state index contributed by atoms with van der Waals surface area (Å²) in [6.07, 6.45) is 0.513. The van der Waals surface area contributed by atoms with Crippen molar-refractivity contribution in [2.45, 2.75) is 45.9 Å². The molecule has 1 aromatic heterocycles. The van der Waals surface area contributed by atoms with E-state index in [0.29, 0.717) is 18.9 Å². The molecular formula is C23H27F2N2O8P. The van der Waals surface area contributed by atoms with Crippen LogP contribution >= 0.6 is 7.60 Å². The molecule has 2 atom stereocenters. The molecule has 1 amide bonds. The molecule has 196 valence electrons. The van der Waals surface area contributed by atoms with Crippen molar-refractivity contribution in [2.24, 2.45) is 5.41 Å². The minimum Gasteiger partial charge on any atom is -0.503 e. The third-order valence-electron chi connectivity index (χ3n) is 6.23. The number of rotatable bonds is 9. The van der Waals surface area contributed by atoms with Gasteiger partial charge in [0.15, 0.2) is 11.5 Å². The van der Waals surface area contributed by atoms with Gasteiger partial charge in [-0.05, 0) is 19.4 Å². The summed E-state index contributed by atoms with van der Waals surface area (Å²) in [6.45, 7) is 2.63. The van der Waals surface area contributed by atoms with Crippen molar-refractivity contribution >= 4 is 19.3 Å². The van der Waals surface area contributed by atoms with Gasteiger partial charge in [-0.15, -0.1) is 0 Å². The number of benzene rings is 1. The van der Waals surface area contributed by atoms with Crippen LogP contribution in [0.1, 0.15) is 53.1 Å². The minimum absolute atomic E-state index is 0.0314. The first-order chi connectivity index (χ1) is 16.8. The number of nitrogens with one attached hydrogen (secondary N) is 1. The number of aromatic nitrogens is 1. The Bertz CT molecular complexity index is 1290. The minimum atomic E-state index is -4.35. The number of hydrogen-bond donors (Lipinski definition) is 4. The van der Waals surface area contributed by atoms with E-state index in [1.54, 1.807) is 6.92 Å². The third kappa shape index (κ3) is 5.73. The van der Waals surface area contributed by atoms with Gasteiger partial charge < -0.3 is 29.5 Å². The predicted octanol–water partition coefficient (Wildman–Crippen LogP) is 2.33. The Kier molecular flexibility index (Phi) is 8.14. The maximum Gasteiger partial charge on any atom is 0.327 e. The Morgan fingerprint density at radius 2 is 2.00 bits per heavy atom. The van der Waals surface area contributed by atoms with Crippen molar-refractivity contribution in [1.82, 2.24) is 9.88 Å². The standard InChI is InChI=1S/C23H27F2N2O8P/c1-3-6-23(2)17(35-7-8-36(32,33)34)12-27-11-15(19(28)20(29)18(27)21(23)30)22(31)26-10-13-4-5-14(24)9-16(13)25/h4-5,9,11,17,29H,3,6-8,10,12H2,1-2H3,(H,26,31)(H2,32,33,34). The van der Waals surface area contributed by atoms with E-state index in [1.807, 2.05) is 6.92 Å². The lowest BCUT2D eigenvalue weighted by Gasteiger charge is -2.41. The molecule has 0 fully saturated rings. The number of nitrogens with zero attached hydrogens (tertiary/aromatic N) is 1. The lowest BCUT2D eigenvalue weighted by atomic mass is 9.72. The number of ether oxygens (including phenoxy) is 1. The van der Waals surface area contributed by atoms with E-state index < -0.39 is 65.3 Å². The highest BCUT2D eigenvalue weighted by molar-refractivity contribution is 7.51. The highest BCUT2D eigenvalue weighted by Gasteiger charge is 2.48. The lowest BCUT2D eigenvalue weighted by molar-refractivity contribution is -0.0379. The second-order valence-corrected chi connectivity index (χ2v) is 10.7. The van der Waals surface area contributed by atoms with Crippen LogP contribution in [-0.2, 0) is 22.4 Å². The Morgan fingerprint density at radius 3 is 2.61 bits per heavy atom. The van der Waals surface area contributed by atoms with Gasteiger partial charge in [0.25, 0.3) is 5.91 Å². The van der Waals surface area contributed by atoms with Gasteiger partial charge in [0.05, 0.1) is 30.8 Å². The molecule has 10 nitrogen and oxygen atoms in total. The van der Waals surface area contributed by atoms with Crippen LogP contribution in [0.4, 0.5) is 8.78 Å². The van der Waals surface area contributed by atoms with Gasteiger partial charge in [0, 0.05) is 24.4 Å². The van der Waals surface area contributed by atoms with Crippen LogP contribution in [0.2, 0.25) is 0 Å². The zero-order valence-corrected chi connectivity index (χ0v) is 20.6. The topological polar surface area (TPSA) is 155 Å². The molecule has 0 saturated heterocycles. The molecule has 2 aromatic rings. The maximum absolute atomic E-state index is 13.9. The van der Waals surface area contributed by atoms with E-state index in [4.69, 9.17) is 14.5 Å². The molecule has 2 heterocycles. The summed E-state index contributed by atoms with van der Waals surface area (Å²) < 4.78 is 45.1. The van der Waals surface area contributed by atoms with E-state index in [-0.39, 0.29) is 31.0 Å². The maximum atomic E-state index is 13.9. The van der Waals surface area contributed by atoms with Gasteiger partial charge in [0.1, 0.15) is 22.9 Å². The molecule has 1 aliphatic heterocycles. The average Bonchev–Trinajstić information content (AvgIpc) is 2.78. The molecule has 4 N–H and O–H groups in total. The fourth-order valence-electron chi connectivity index (χ4n) is 4.27. The zero-order valence-electron chi connectivity index (χ0n) is 19.7. The van der Waals surface area contributed by atoms with Crippen molar-refractivity contribution in [3.05, 3.63) is 63.1 Å². The van der Waals surface area contributed by atoms with Gasteiger partial charge in [-0.25, -0.2) is 8.78 Å². The predicted molar refractivity (Wildman–Crippen MR) is 124 cm³/mol. The number of ketones is 1. The molecule has 1 aromatic carbocycles. The fourth-order valence-corrected chi connectivity index (χ4v) is 4.61. The van der Waals surface area contributed by atoms with Crippen LogP contribution < -0.4 is 10.7 Å². The summed E-state index contributed by atoms with van der Waals surface area (Å²) in [7, 11) is -4.35. The van der Waals surface area contributed by atoms with Crippen molar-refractivity contribution in [2.75, 3.05) is 12.8 Å². The summed E-state index contributed by atoms with van der Waals surface area (Å²) in [4.78, 5) is 57.1. The highest BCUT2D eigenvalue weighted by atomic mass is 31.2. The fraction of sp³-hybridized carbons (Fsp3) is 0.435. The SMILES string of the molecule is CCCC1(C)C(=O)c2c(O)c(=O)c(C(=O)NCc3ccc(F)cc3F)cn2CC1OCCP(=O)(O)O. The molecule has 0 saturated carbocycles. The Morgan fingerprint density at radius 1 is 1.31 bits per heavy atom. The molecule has 0 spiro atoms. The smallest absolute Gasteiger partial charge is 0.327 e. The average molecular weight is 528 g/mol. The zero-order chi connectivity index (χ0) is 26.8. The monoisotopic (exact) mass is 528 g/mol. The van der Waals surface area contributed by atoms with E-state index in [9.17, 15) is 32.8 Å². The summed E-state index contributed by atoms with van der Waals surface area (Å²) >= 11 is 0. The molecule has 0 radical (unpaired) electrons. The number of carbonyl (C=O) groups excluding carboxylic acids is 2.